The molecule has 0 aliphatic heterocycles. The maximum absolute atomic E-state index is 12.1. The molecule has 0 aromatic carbocycles. The second-order valence-electron chi connectivity index (χ2n) is 5.90. The van der Waals surface area contributed by atoms with Gasteiger partial charge in [-0.1, -0.05) is 0 Å². The Balaban J connectivity index is 1.44. The van der Waals surface area contributed by atoms with Gasteiger partial charge in [-0.05, 0) is 25.1 Å². The largest absolute Gasteiger partial charge is 0.352 e. The molecule has 130 valence electrons. The molecule has 0 radical (unpaired) electrons. The lowest BCUT2D eigenvalue weighted by Crippen LogP contribution is -2.26. The molecule has 0 spiro atoms. The second-order valence-corrected chi connectivity index (χ2v) is 5.90. The predicted molar refractivity (Wildman–Crippen MR) is 95.6 cm³/mol. The summed E-state index contributed by atoms with van der Waals surface area (Å²) >= 11 is 0. The highest BCUT2D eigenvalue weighted by molar-refractivity contribution is 5.94. The van der Waals surface area contributed by atoms with Crippen molar-refractivity contribution in [1.82, 2.24) is 35.1 Å². The van der Waals surface area contributed by atoms with Crippen LogP contribution >= 0.6 is 0 Å². The Hall–Kier alpha value is -3.55. The van der Waals surface area contributed by atoms with Crippen LogP contribution in [0.2, 0.25) is 0 Å². The third-order valence-electron chi connectivity index (χ3n) is 4.09. The maximum atomic E-state index is 12.1. The summed E-state index contributed by atoms with van der Waals surface area (Å²) in [4.78, 5) is 20.7. The van der Waals surface area contributed by atoms with Crippen molar-refractivity contribution in [3.05, 3.63) is 66.0 Å². The first-order valence-corrected chi connectivity index (χ1v) is 8.24. The summed E-state index contributed by atoms with van der Waals surface area (Å²) in [7, 11) is 0. The molecule has 8 heteroatoms. The van der Waals surface area contributed by atoms with Gasteiger partial charge in [0.05, 0.1) is 23.1 Å². The number of H-pyrrole nitrogens is 1. The number of nitrogens with zero attached hydrogens (tertiary/aromatic N) is 5. The highest BCUT2D eigenvalue weighted by Crippen LogP contribution is 2.16. The molecule has 0 atom stereocenters. The van der Waals surface area contributed by atoms with Crippen LogP contribution in [0, 0.1) is 6.92 Å². The van der Waals surface area contributed by atoms with Gasteiger partial charge in [-0.15, -0.1) is 0 Å². The number of aryl methyl sites for hydroxylation is 1. The monoisotopic (exact) mass is 347 g/mol. The SMILES string of the molecule is Cc1[nH]ncc1C(=O)NCCc1cc2nc(-c3ccncc3)ccn2n1. The molecule has 0 aliphatic rings. The molecule has 0 saturated heterocycles. The minimum atomic E-state index is -0.141. The van der Waals surface area contributed by atoms with Crippen molar-refractivity contribution >= 4 is 11.6 Å². The van der Waals surface area contributed by atoms with E-state index in [1.54, 1.807) is 16.9 Å². The quantitative estimate of drug-likeness (QED) is 0.573. The number of aromatic amines is 1. The van der Waals surface area contributed by atoms with Crippen LogP contribution < -0.4 is 5.32 Å². The van der Waals surface area contributed by atoms with Crippen LogP contribution in [0.3, 0.4) is 0 Å². The van der Waals surface area contributed by atoms with Crippen LogP contribution in [0.25, 0.3) is 16.9 Å². The lowest BCUT2D eigenvalue weighted by molar-refractivity contribution is 0.0953. The van der Waals surface area contributed by atoms with Gasteiger partial charge in [0, 0.05) is 48.9 Å². The first-order valence-electron chi connectivity index (χ1n) is 8.24. The normalized spacial score (nSPS) is 11.0. The summed E-state index contributed by atoms with van der Waals surface area (Å²) in [6, 6.07) is 7.69. The minimum Gasteiger partial charge on any atom is -0.352 e. The molecule has 4 aromatic heterocycles. The Morgan fingerprint density at radius 2 is 2.12 bits per heavy atom. The molecule has 8 nitrogen and oxygen atoms in total. The van der Waals surface area contributed by atoms with E-state index in [9.17, 15) is 4.79 Å². The number of hydrogen-bond acceptors (Lipinski definition) is 5. The molecule has 0 bridgehead atoms. The molecule has 26 heavy (non-hydrogen) atoms. The molecular weight excluding hydrogens is 330 g/mol. The molecule has 1 amide bonds. The van der Waals surface area contributed by atoms with Gasteiger partial charge in [-0.2, -0.15) is 10.2 Å². The lowest BCUT2D eigenvalue weighted by Gasteiger charge is -2.02. The predicted octanol–water partition coefficient (Wildman–Crippen LogP) is 1.80. The van der Waals surface area contributed by atoms with Crippen molar-refractivity contribution in [3.8, 4) is 11.3 Å². The average Bonchev–Trinajstić information content (AvgIpc) is 3.27. The highest BCUT2D eigenvalue weighted by Gasteiger charge is 2.11. The van der Waals surface area contributed by atoms with Crippen LogP contribution in [-0.2, 0) is 6.42 Å². The van der Waals surface area contributed by atoms with Gasteiger partial charge in [0.1, 0.15) is 0 Å². The Labute approximate surface area is 149 Å². The van der Waals surface area contributed by atoms with E-state index >= 15 is 0 Å². The fraction of sp³-hybridized carbons (Fsp3) is 0.167. The van der Waals surface area contributed by atoms with Crippen molar-refractivity contribution in [2.24, 2.45) is 0 Å². The molecule has 4 heterocycles. The Kier molecular flexibility index (Phi) is 4.14. The molecule has 2 N–H and O–H groups in total. The number of pyridine rings is 1. The number of carbonyl (C=O) groups is 1. The van der Waals surface area contributed by atoms with Crippen molar-refractivity contribution < 1.29 is 4.79 Å². The first-order chi connectivity index (χ1) is 12.7. The summed E-state index contributed by atoms with van der Waals surface area (Å²) in [5.74, 6) is -0.141. The van der Waals surface area contributed by atoms with Crippen LogP contribution in [0.5, 0.6) is 0 Å². The number of rotatable bonds is 5. The summed E-state index contributed by atoms with van der Waals surface area (Å²) < 4.78 is 1.74. The zero-order chi connectivity index (χ0) is 17.9. The third kappa shape index (κ3) is 3.16. The molecule has 4 rings (SSSR count). The van der Waals surface area contributed by atoms with Gasteiger partial charge in [-0.25, -0.2) is 9.50 Å². The highest BCUT2D eigenvalue weighted by atomic mass is 16.1. The van der Waals surface area contributed by atoms with Gasteiger partial charge in [-0.3, -0.25) is 14.9 Å². The van der Waals surface area contributed by atoms with Crippen LogP contribution in [0.4, 0.5) is 0 Å². The summed E-state index contributed by atoms with van der Waals surface area (Å²) in [6.07, 6.45) is 7.52. The number of aromatic nitrogens is 6. The van der Waals surface area contributed by atoms with Crippen molar-refractivity contribution in [3.63, 3.8) is 0 Å². The van der Waals surface area contributed by atoms with E-state index in [1.165, 1.54) is 6.20 Å². The number of nitrogens with one attached hydrogen (secondary N) is 2. The lowest BCUT2D eigenvalue weighted by atomic mass is 10.2. The molecule has 0 fully saturated rings. The molecule has 4 aromatic rings. The van der Waals surface area contributed by atoms with Crippen LogP contribution in [0.15, 0.2) is 49.1 Å². The van der Waals surface area contributed by atoms with Crippen molar-refractivity contribution in [2.45, 2.75) is 13.3 Å². The fourth-order valence-electron chi connectivity index (χ4n) is 2.71. The van der Waals surface area contributed by atoms with Gasteiger partial charge >= 0.3 is 0 Å². The summed E-state index contributed by atoms with van der Waals surface area (Å²) in [5, 5.41) is 14.0. The topological polar surface area (TPSA) is 101 Å². The Morgan fingerprint density at radius 3 is 2.88 bits per heavy atom. The second kappa shape index (κ2) is 6.75. The van der Waals surface area contributed by atoms with Gasteiger partial charge in [0.25, 0.3) is 5.91 Å². The molecule has 0 aliphatic carbocycles. The number of amides is 1. The Bertz CT molecular complexity index is 1050. The smallest absolute Gasteiger partial charge is 0.254 e. The number of hydrogen-bond donors (Lipinski definition) is 2. The zero-order valence-electron chi connectivity index (χ0n) is 14.2. The first kappa shape index (κ1) is 15.9. The fourth-order valence-corrected chi connectivity index (χ4v) is 2.71. The summed E-state index contributed by atoms with van der Waals surface area (Å²) in [5.41, 5.74) is 4.83. The molecule has 0 unspecified atom stereocenters. The maximum Gasteiger partial charge on any atom is 0.254 e. The van der Waals surface area contributed by atoms with Gasteiger partial charge < -0.3 is 5.32 Å². The number of carbonyl (C=O) groups excluding carboxylic acids is 1. The van der Waals surface area contributed by atoms with Crippen molar-refractivity contribution in [2.75, 3.05) is 6.54 Å². The van der Waals surface area contributed by atoms with Gasteiger partial charge in [0.2, 0.25) is 0 Å². The Morgan fingerprint density at radius 1 is 1.27 bits per heavy atom. The van der Waals surface area contributed by atoms with Crippen LogP contribution in [-0.4, -0.2) is 42.2 Å². The van der Waals surface area contributed by atoms with E-state index in [2.05, 4.69) is 30.6 Å². The zero-order valence-corrected chi connectivity index (χ0v) is 14.2. The third-order valence-corrected chi connectivity index (χ3v) is 4.09. The van der Waals surface area contributed by atoms with E-state index in [0.29, 0.717) is 18.5 Å². The number of fused-ring (bicyclic) bond motifs is 1. The van der Waals surface area contributed by atoms with E-state index < -0.39 is 0 Å². The van der Waals surface area contributed by atoms with Crippen LogP contribution in [0.1, 0.15) is 21.7 Å². The average molecular weight is 347 g/mol. The van der Waals surface area contributed by atoms with E-state index in [4.69, 9.17) is 0 Å². The van der Waals surface area contributed by atoms with Crippen molar-refractivity contribution in [1.29, 1.82) is 0 Å². The molecular formula is C18H17N7O. The standard InChI is InChI=1S/C18H17N7O/c1-12-15(11-21-23-12)18(26)20-8-4-14-10-17-22-16(5-9-25(17)24-14)13-2-6-19-7-3-13/h2-3,5-7,9-11H,4,8H2,1H3,(H,20,26)(H,21,23). The summed E-state index contributed by atoms with van der Waals surface area (Å²) in [6.45, 7) is 2.31. The van der Waals surface area contributed by atoms with E-state index in [-0.39, 0.29) is 5.91 Å². The minimum absolute atomic E-state index is 0.141. The van der Waals surface area contributed by atoms with E-state index in [0.717, 1.165) is 28.3 Å². The van der Waals surface area contributed by atoms with E-state index in [1.807, 2.05) is 37.4 Å². The van der Waals surface area contributed by atoms with Gasteiger partial charge in [0.15, 0.2) is 5.65 Å². The molecule has 0 saturated carbocycles.